The minimum Gasteiger partial charge on any atom is -0.455 e. The fraction of sp³-hybridized carbons (Fsp3) is 0.167. The Morgan fingerprint density at radius 1 is 1.00 bits per heavy atom. The first-order valence-corrected chi connectivity index (χ1v) is 15.1. The van der Waals surface area contributed by atoms with Crippen LogP contribution in [0.25, 0.3) is 22.3 Å². The Morgan fingerprint density at radius 3 is 2.41 bits per heavy atom. The van der Waals surface area contributed by atoms with Crippen LogP contribution < -0.4 is 10.0 Å². The summed E-state index contributed by atoms with van der Waals surface area (Å²) in [5.74, 6) is 0.214. The molecule has 0 aliphatic rings. The van der Waals surface area contributed by atoms with Gasteiger partial charge in [0.15, 0.2) is 0 Å². The van der Waals surface area contributed by atoms with Gasteiger partial charge in [-0.15, -0.1) is 0 Å². The van der Waals surface area contributed by atoms with E-state index in [0.717, 1.165) is 16.8 Å². The summed E-state index contributed by atoms with van der Waals surface area (Å²) in [6, 6.07) is 20.1. The molecule has 41 heavy (non-hydrogen) atoms. The summed E-state index contributed by atoms with van der Waals surface area (Å²) >= 11 is 3.64. The fourth-order valence-electron chi connectivity index (χ4n) is 4.76. The molecule has 0 aliphatic heterocycles. The molecule has 2 aromatic heterocycles. The van der Waals surface area contributed by atoms with E-state index in [-0.39, 0.29) is 16.4 Å². The molecule has 210 valence electrons. The molecule has 0 fully saturated rings. The molecule has 0 bridgehead atoms. The van der Waals surface area contributed by atoms with Gasteiger partial charge in [0.25, 0.3) is 21.8 Å². The van der Waals surface area contributed by atoms with Crippen LogP contribution >= 0.6 is 15.9 Å². The average molecular weight is 636 g/mol. The first-order valence-electron chi connectivity index (χ1n) is 12.8. The molecule has 0 saturated carbocycles. The summed E-state index contributed by atoms with van der Waals surface area (Å²) in [4.78, 5) is 30.4. The van der Waals surface area contributed by atoms with Gasteiger partial charge in [0.05, 0.1) is 20.6 Å². The second-order valence-corrected chi connectivity index (χ2v) is 11.8. The van der Waals surface area contributed by atoms with E-state index in [1.165, 1.54) is 12.1 Å². The number of nitrogens with one attached hydrogen (secondary N) is 2. The van der Waals surface area contributed by atoms with Crippen LogP contribution in [0.2, 0.25) is 0 Å². The maximum absolute atomic E-state index is 13.2. The molecule has 3 aromatic carbocycles. The monoisotopic (exact) mass is 634 g/mol. The highest BCUT2D eigenvalue weighted by Crippen LogP contribution is 2.39. The number of nitrogens with zero attached hydrogens (tertiary/aromatic N) is 2. The van der Waals surface area contributed by atoms with Crippen molar-refractivity contribution in [3.63, 3.8) is 0 Å². The maximum atomic E-state index is 13.2. The van der Waals surface area contributed by atoms with Crippen molar-refractivity contribution in [2.24, 2.45) is 0 Å². The van der Waals surface area contributed by atoms with Gasteiger partial charge < -0.3 is 14.3 Å². The number of benzene rings is 3. The van der Waals surface area contributed by atoms with Crippen LogP contribution in [0.3, 0.4) is 0 Å². The van der Waals surface area contributed by atoms with Gasteiger partial charge in [-0.05, 0) is 58.7 Å². The molecule has 5 aromatic rings. The van der Waals surface area contributed by atoms with Crippen molar-refractivity contribution in [3.05, 3.63) is 106 Å². The molecule has 0 atom stereocenters. The molecule has 5 rings (SSSR count). The van der Waals surface area contributed by atoms with E-state index in [1.54, 1.807) is 49.5 Å². The minimum absolute atomic E-state index is 0.0119. The third-order valence-electron chi connectivity index (χ3n) is 6.71. The van der Waals surface area contributed by atoms with Gasteiger partial charge in [-0.2, -0.15) is 0 Å². The number of imidazole rings is 1. The molecule has 0 unspecified atom stereocenters. The number of carbonyl (C=O) groups excluding carboxylic acids is 2. The molecule has 2 heterocycles. The van der Waals surface area contributed by atoms with E-state index >= 15 is 0 Å². The van der Waals surface area contributed by atoms with E-state index in [1.807, 2.05) is 36.6 Å². The number of aromatic nitrogens is 2. The molecule has 2 N–H and O–H groups in total. The predicted octanol–water partition coefficient (Wildman–Crippen LogP) is 5.46. The summed E-state index contributed by atoms with van der Waals surface area (Å²) in [6.45, 7) is 4.24. The second kappa shape index (κ2) is 11.3. The Kier molecular flexibility index (Phi) is 7.83. The summed E-state index contributed by atoms with van der Waals surface area (Å²) < 4.78 is 36.4. The molecule has 0 saturated heterocycles. The number of carbonyl (C=O) groups is 2. The van der Waals surface area contributed by atoms with E-state index in [4.69, 9.17) is 4.42 Å². The van der Waals surface area contributed by atoms with E-state index in [2.05, 4.69) is 31.0 Å². The highest BCUT2D eigenvalue weighted by Gasteiger charge is 2.24. The van der Waals surface area contributed by atoms with Crippen molar-refractivity contribution in [1.82, 2.24) is 19.6 Å². The van der Waals surface area contributed by atoms with Gasteiger partial charge in [-0.1, -0.05) is 49.4 Å². The van der Waals surface area contributed by atoms with Gasteiger partial charge in [-0.25, -0.2) is 18.1 Å². The van der Waals surface area contributed by atoms with Gasteiger partial charge in [0.2, 0.25) is 0 Å². The molecule has 11 heteroatoms. The number of hydrogen-bond donors (Lipinski definition) is 2. The van der Waals surface area contributed by atoms with Gasteiger partial charge in [0, 0.05) is 31.0 Å². The third-order valence-corrected chi connectivity index (χ3v) is 8.84. The Bertz CT molecular complexity index is 1900. The Morgan fingerprint density at radius 2 is 1.71 bits per heavy atom. The second-order valence-electron chi connectivity index (χ2n) is 9.35. The van der Waals surface area contributed by atoms with Gasteiger partial charge >= 0.3 is 0 Å². The molecular formula is C30H27BrN4O5S. The number of furan rings is 1. The van der Waals surface area contributed by atoms with Gasteiger partial charge in [-0.3, -0.25) is 9.59 Å². The number of rotatable bonds is 8. The smallest absolute Gasteiger partial charge is 0.269 e. The third kappa shape index (κ3) is 5.42. The number of amides is 2. The minimum atomic E-state index is -4.07. The van der Waals surface area contributed by atoms with E-state index in [0.29, 0.717) is 45.7 Å². The number of fused-ring (bicyclic) bond motifs is 1. The SMILES string of the molecule is CCc1nc(C)c(C(=O)NC)n1Cc1ccc2oc(-c3ccccc3C(=O)NS(=O)(=O)c3ccccc3)c(Br)c2c1. The quantitative estimate of drug-likeness (QED) is 0.234. The predicted molar refractivity (Wildman–Crippen MR) is 159 cm³/mol. The van der Waals surface area contributed by atoms with Crippen LogP contribution in [0, 0.1) is 6.92 Å². The van der Waals surface area contributed by atoms with Crippen molar-refractivity contribution < 1.29 is 22.4 Å². The Labute approximate surface area is 245 Å². The lowest BCUT2D eigenvalue weighted by molar-refractivity contribution is 0.0951. The molecule has 2 amide bonds. The fourth-order valence-corrected chi connectivity index (χ4v) is 6.35. The summed E-state index contributed by atoms with van der Waals surface area (Å²) in [6.07, 6.45) is 0.665. The lowest BCUT2D eigenvalue weighted by atomic mass is 10.0. The lowest BCUT2D eigenvalue weighted by Crippen LogP contribution is -2.30. The molecule has 0 radical (unpaired) electrons. The lowest BCUT2D eigenvalue weighted by Gasteiger charge is -2.11. The first-order chi connectivity index (χ1) is 19.6. The average Bonchev–Trinajstić information content (AvgIpc) is 3.48. The molecule has 0 aliphatic carbocycles. The largest absolute Gasteiger partial charge is 0.455 e. The van der Waals surface area contributed by atoms with Crippen LogP contribution in [-0.2, 0) is 23.0 Å². The molecule has 0 spiro atoms. The Balaban J connectivity index is 1.51. The van der Waals surface area contributed by atoms with E-state index < -0.39 is 15.9 Å². The van der Waals surface area contributed by atoms with Crippen LogP contribution in [0.1, 0.15) is 44.9 Å². The van der Waals surface area contributed by atoms with Crippen LogP contribution in [-0.4, -0.2) is 36.8 Å². The molecule has 9 nitrogen and oxygen atoms in total. The van der Waals surface area contributed by atoms with Gasteiger partial charge in [0.1, 0.15) is 22.9 Å². The highest BCUT2D eigenvalue weighted by atomic mass is 79.9. The van der Waals surface area contributed by atoms with Crippen LogP contribution in [0.5, 0.6) is 0 Å². The number of hydrogen-bond acceptors (Lipinski definition) is 6. The maximum Gasteiger partial charge on any atom is 0.269 e. The zero-order valence-electron chi connectivity index (χ0n) is 22.6. The number of aryl methyl sites for hydroxylation is 2. The summed E-state index contributed by atoms with van der Waals surface area (Å²) in [5.41, 5.74) is 3.25. The zero-order valence-corrected chi connectivity index (χ0v) is 25.0. The standard InChI is InChI=1S/C30H27BrN4O5S/c1-4-25-33-18(2)27(30(37)32-3)35(25)17-19-14-15-24-23(16-19)26(31)28(40-24)21-12-8-9-13-22(21)29(36)34-41(38,39)20-10-6-5-7-11-20/h5-16H,4,17H2,1-3H3,(H,32,37)(H,34,36). The number of sulfonamides is 1. The van der Waals surface area contributed by atoms with Crippen LogP contribution in [0.15, 0.2) is 86.6 Å². The first kappa shape index (κ1) is 28.3. The van der Waals surface area contributed by atoms with Crippen molar-refractivity contribution in [3.8, 4) is 11.3 Å². The van der Waals surface area contributed by atoms with Crippen molar-refractivity contribution >= 4 is 48.7 Å². The normalized spacial score (nSPS) is 11.5. The Hall–Kier alpha value is -4.22. The van der Waals surface area contributed by atoms with Crippen molar-refractivity contribution in [2.45, 2.75) is 31.7 Å². The van der Waals surface area contributed by atoms with Crippen molar-refractivity contribution in [2.75, 3.05) is 7.05 Å². The highest BCUT2D eigenvalue weighted by molar-refractivity contribution is 9.10. The van der Waals surface area contributed by atoms with E-state index in [9.17, 15) is 18.0 Å². The summed E-state index contributed by atoms with van der Waals surface area (Å²) in [7, 11) is -2.48. The topological polar surface area (TPSA) is 123 Å². The summed E-state index contributed by atoms with van der Waals surface area (Å²) in [5, 5.41) is 3.46. The van der Waals surface area contributed by atoms with Crippen LogP contribution in [0.4, 0.5) is 0 Å². The molecular weight excluding hydrogens is 608 g/mol. The van der Waals surface area contributed by atoms with Crippen molar-refractivity contribution in [1.29, 1.82) is 0 Å². The number of halogens is 1. The zero-order chi connectivity index (χ0) is 29.3.